The van der Waals surface area contributed by atoms with Crippen LogP contribution in [0.2, 0.25) is 0 Å². The number of hydrogen-bond acceptors (Lipinski definition) is 3. The van der Waals surface area contributed by atoms with Crippen LogP contribution in [-0.4, -0.2) is 9.97 Å². The minimum absolute atomic E-state index is 0.246. The van der Waals surface area contributed by atoms with Crippen LogP contribution in [0.4, 0.5) is 5.82 Å². The van der Waals surface area contributed by atoms with Crippen molar-refractivity contribution in [1.29, 1.82) is 0 Å². The molecule has 0 aliphatic heterocycles. The molecule has 2 aromatic rings. The van der Waals surface area contributed by atoms with Crippen LogP contribution in [0, 0.1) is 0 Å². The number of nitrogens with one attached hydrogen (secondary N) is 1. The number of aromatic nitrogens is 2. The number of hydrogen-bond donors (Lipinski definition) is 1. The molecule has 0 fully saturated rings. The number of nitrogens with zero attached hydrogens (tertiary/aromatic N) is 2. The largest absolute Gasteiger partial charge is 0.363 e. The number of aryl methyl sites for hydroxylation is 1. The fourth-order valence-corrected chi connectivity index (χ4v) is 1.72. The molecule has 1 aromatic heterocycles. The van der Waals surface area contributed by atoms with Gasteiger partial charge in [-0.25, -0.2) is 9.97 Å². The normalized spacial score (nSPS) is 12.1. The summed E-state index contributed by atoms with van der Waals surface area (Å²) < 4.78 is 0. The summed E-state index contributed by atoms with van der Waals surface area (Å²) in [5.74, 6) is 0.854. The molecule has 88 valence electrons. The summed E-state index contributed by atoms with van der Waals surface area (Å²) in [5.41, 5.74) is 2.63. The third kappa shape index (κ3) is 3.03. The third-order valence-corrected chi connectivity index (χ3v) is 2.83. The molecular weight excluding hydrogens is 210 g/mol. The van der Waals surface area contributed by atoms with Crippen molar-refractivity contribution in [3.8, 4) is 0 Å². The molecule has 0 saturated carbocycles. The number of anilines is 1. The molecule has 1 atom stereocenters. The maximum absolute atomic E-state index is 4.16. The van der Waals surface area contributed by atoms with Crippen LogP contribution < -0.4 is 5.32 Å². The Hall–Kier alpha value is -1.90. The van der Waals surface area contributed by atoms with E-state index < -0.39 is 0 Å². The first-order valence-electron chi connectivity index (χ1n) is 5.91. The second-order valence-electron chi connectivity index (χ2n) is 4.06. The summed E-state index contributed by atoms with van der Waals surface area (Å²) in [7, 11) is 0. The fraction of sp³-hybridized carbons (Fsp3) is 0.286. The maximum Gasteiger partial charge on any atom is 0.129 e. The Bertz CT molecular complexity index is 451. The Morgan fingerprint density at radius 1 is 1.18 bits per heavy atom. The van der Waals surface area contributed by atoms with E-state index in [0.29, 0.717) is 0 Å². The highest BCUT2D eigenvalue weighted by atomic mass is 15.0. The van der Waals surface area contributed by atoms with Gasteiger partial charge in [0.25, 0.3) is 0 Å². The Morgan fingerprint density at radius 2 is 1.94 bits per heavy atom. The lowest BCUT2D eigenvalue weighted by atomic mass is 10.1. The number of rotatable bonds is 4. The second-order valence-corrected chi connectivity index (χ2v) is 4.06. The van der Waals surface area contributed by atoms with E-state index in [2.05, 4.69) is 53.4 Å². The predicted octanol–water partition coefficient (Wildman–Crippen LogP) is 3.21. The van der Waals surface area contributed by atoms with Crippen LogP contribution in [0.15, 0.2) is 42.9 Å². The average molecular weight is 227 g/mol. The highest BCUT2D eigenvalue weighted by molar-refractivity contribution is 5.37. The first-order valence-corrected chi connectivity index (χ1v) is 5.91. The van der Waals surface area contributed by atoms with E-state index in [9.17, 15) is 0 Å². The van der Waals surface area contributed by atoms with Crippen molar-refractivity contribution in [3.63, 3.8) is 0 Å². The molecule has 0 spiro atoms. The molecule has 3 heteroatoms. The molecule has 0 radical (unpaired) electrons. The minimum Gasteiger partial charge on any atom is -0.363 e. The zero-order valence-electron chi connectivity index (χ0n) is 10.2. The first kappa shape index (κ1) is 11.6. The van der Waals surface area contributed by atoms with Crippen molar-refractivity contribution in [2.75, 3.05) is 5.32 Å². The highest BCUT2D eigenvalue weighted by Crippen LogP contribution is 2.17. The first-order chi connectivity index (χ1) is 8.29. The van der Waals surface area contributed by atoms with Gasteiger partial charge in [-0.3, -0.25) is 0 Å². The van der Waals surface area contributed by atoms with Gasteiger partial charge in [0, 0.05) is 12.2 Å². The lowest BCUT2D eigenvalue weighted by Gasteiger charge is -2.14. The molecule has 1 heterocycles. The molecule has 0 saturated heterocycles. The standard InChI is InChI=1S/C14H17N3/c1-3-12-4-6-13(7-5-12)11(2)17-14-8-9-15-10-16-14/h4-11H,3H2,1-2H3,(H,15,16,17). The van der Waals surface area contributed by atoms with E-state index in [1.54, 1.807) is 12.5 Å². The Kier molecular flexibility index (Phi) is 3.70. The van der Waals surface area contributed by atoms with E-state index in [4.69, 9.17) is 0 Å². The van der Waals surface area contributed by atoms with E-state index in [1.165, 1.54) is 11.1 Å². The second kappa shape index (κ2) is 5.43. The van der Waals surface area contributed by atoms with E-state index in [-0.39, 0.29) is 6.04 Å². The summed E-state index contributed by atoms with van der Waals surface area (Å²) in [6.45, 7) is 4.29. The van der Waals surface area contributed by atoms with E-state index >= 15 is 0 Å². The quantitative estimate of drug-likeness (QED) is 0.871. The maximum atomic E-state index is 4.16. The lowest BCUT2D eigenvalue weighted by Crippen LogP contribution is -2.07. The summed E-state index contributed by atoms with van der Waals surface area (Å²) in [6.07, 6.45) is 4.37. The number of benzene rings is 1. The van der Waals surface area contributed by atoms with Crippen LogP contribution >= 0.6 is 0 Å². The molecule has 0 amide bonds. The van der Waals surface area contributed by atoms with E-state index in [0.717, 1.165) is 12.2 Å². The average Bonchev–Trinajstić information content (AvgIpc) is 2.40. The lowest BCUT2D eigenvalue weighted by molar-refractivity contribution is 0.870. The van der Waals surface area contributed by atoms with Crippen molar-refractivity contribution in [3.05, 3.63) is 54.0 Å². The molecule has 1 N–H and O–H groups in total. The molecule has 1 unspecified atom stereocenters. The third-order valence-electron chi connectivity index (χ3n) is 2.83. The summed E-state index contributed by atoms with van der Waals surface area (Å²) in [5, 5.41) is 3.34. The smallest absolute Gasteiger partial charge is 0.129 e. The van der Waals surface area contributed by atoms with Crippen molar-refractivity contribution >= 4 is 5.82 Å². The zero-order valence-corrected chi connectivity index (χ0v) is 10.2. The molecule has 0 aliphatic carbocycles. The minimum atomic E-state index is 0.246. The SMILES string of the molecule is CCc1ccc(C(C)Nc2ccncn2)cc1. The molecular formula is C14H17N3. The molecule has 3 nitrogen and oxygen atoms in total. The summed E-state index contributed by atoms with van der Waals surface area (Å²) >= 11 is 0. The Morgan fingerprint density at radius 3 is 2.53 bits per heavy atom. The molecule has 0 aliphatic rings. The van der Waals surface area contributed by atoms with Crippen LogP contribution in [0.25, 0.3) is 0 Å². The van der Waals surface area contributed by atoms with Crippen LogP contribution in [0.3, 0.4) is 0 Å². The van der Waals surface area contributed by atoms with Crippen LogP contribution in [-0.2, 0) is 6.42 Å². The monoisotopic (exact) mass is 227 g/mol. The molecule has 2 rings (SSSR count). The molecule has 1 aromatic carbocycles. The van der Waals surface area contributed by atoms with Gasteiger partial charge in [0.15, 0.2) is 0 Å². The van der Waals surface area contributed by atoms with E-state index in [1.807, 2.05) is 6.07 Å². The molecule has 17 heavy (non-hydrogen) atoms. The van der Waals surface area contributed by atoms with Gasteiger partial charge >= 0.3 is 0 Å². The van der Waals surface area contributed by atoms with Crippen molar-refractivity contribution < 1.29 is 0 Å². The predicted molar refractivity (Wildman–Crippen MR) is 69.9 cm³/mol. The van der Waals surface area contributed by atoms with Crippen LogP contribution in [0.1, 0.15) is 31.0 Å². The van der Waals surface area contributed by atoms with Crippen LogP contribution in [0.5, 0.6) is 0 Å². The van der Waals surface area contributed by atoms with Crippen molar-refractivity contribution in [2.24, 2.45) is 0 Å². The van der Waals surface area contributed by atoms with Gasteiger partial charge in [-0.05, 0) is 30.5 Å². The summed E-state index contributed by atoms with van der Waals surface area (Å²) in [6, 6.07) is 10.8. The van der Waals surface area contributed by atoms with Crippen molar-refractivity contribution in [2.45, 2.75) is 26.3 Å². The van der Waals surface area contributed by atoms with Gasteiger partial charge in [0.1, 0.15) is 12.1 Å². The fourth-order valence-electron chi connectivity index (χ4n) is 1.72. The highest BCUT2D eigenvalue weighted by Gasteiger charge is 2.05. The van der Waals surface area contributed by atoms with Gasteiger partial charge in [0.05, 0.1) is 0 Å². The zero-order chi connectivity index (χ0) is 12.1. The Balaban J connectivity index is 2.06. The topological polar surface area (TPSA) is 37.8 Å². The molecule has 0 bridgehead atoms. The van der Waals surface area contributed by atoms with Gasteiger partial charge in [-0.1, -0.05) is 31.2 Å². The van der Waals surface area contributed by atoms with Gasteiger partial charge < -0.3 is 5.32 Å². The van der Waals surface area contributed by atoms with Gasteiger partial charge in [-0.15, -0.1) is 0 Å². The van der Waals surface area contributed by atoms with Gasteiger partial charge in [-0.2, -0.15) is 0 Å². The van der Waals surface area contributed by atoms with Crippen molar-refractivity contribution in [1.82, 2.24) is 9.97 Å². The van der Waals surface area contributed by atoms with Gasteiger partial charge in [0.2, 0.25) is 0 Å². The Labute approximate surface area is 102 Å². The summed E-state index contributed by atoms with van der Waals surface area (Å²) in [4.78, 5) is 8.05.